The van der Waals surface area contributed by atoms with Gasteiger partial charge in [0.2, 0.25) is 11.8 Å². The molecule has 1 aromatic carbocycles. The zero-order valence-corrected chi connectivity index (χ0v) is 13.2. The van der Waals surface area contributed by atoms with Gasteiger partial charge < -0.3 is 15.5 Å². The van der Waals surface area contributed by atoms with Crippen LogP contribution in [0.4, 0.5) is 0 Å². The Labute approximate surface area is 135 Å². The standard InChI is InChI=1S/C14H18ClN3O2.ClH/c15-12-3-1-11(2-4-12)9-17-7-8-18(10-14(17)20)13(19)5-6-16;/h1-4H,5-10,16H2;1H. The van der Waals surface area contributed by atoms with Crippen LogP contribution in [0.5, 0.6) is 0 Å². The number of hydrogen-bond donors (Lipinski definition) is 1. The second-order valence-electron chi connectivity index (χ2n) is 4.80. The van der Waals surface area contributed by atoms with Crippen LogP contribution in [0.3, 0.4) is 0 Å². The van der Waals surface area contributed by atoms with Gasteiger partial charge in [0.25, 0.3) is 0 Å². The summed E-state index contributed by atoms with van der Waals surface area (Å²) in [5.74, 6) is -0.0800. The maximum atomic E-state index is 12.1. The maximum absolute atomic E-state index is 12.1. The average Bonchev–Trinajstić information content (AvgIpc) is 2.43. The van der Waals surface area contributed by atoms with E-state index in [1.54, 1.807) is 9.80 Å². The molecule has 2 amide bonds. The van der Waals surface area contributed by atoms with Crippen molar-refractivity contribution in [2.24, 2.45) is 5.73 Å². The number of hydrogen-bond acceptors (Lipinski definition) is 3. The number of carbonyl (C=O) groups is 2. The summed E-state index contributed by atoms with van der Waals surface area (Å²) in [6, 6.07) is 7.42. The zero-order chi connectivity index (χ0) is 14.5. The highest BCUT2D eigenvalue weighted by molar-refractivity contribution is 6.30. The number of benzene rings is 1. The monoisotopic (exact) mass is 331 g/mol. The molecule has 1 aliphatic heterocycles. The van der Waals surface area contributed by atoms with Crippen molar-refractivity contribution in [3.8, 4) is 0 Å². The maximum Gasteiger partial charge on any atom is 0.242 e. The van der Waals surface area contributed by atoms with Gasteiger partial charge in [-0.15, -0.1) is 12.4 Å². The Morgan fingerprint density at radius 3 is 2.48 bits per heavy atom. The Morgan fingerprint density at radius 1 is 1.24 bits per heavy atom. The summed E-state index contributed by atoms with van der Waals surface area (Å²) in [4.78, 5) is 27.1. The van der Waals surface area contributed by atoms with E-state index in [2.05, 4.69) is 0 Å². The molecule has 0 radical (unpaired) electrons. The molecular formula is C14H19Cl2N3O2. The van der Waals surface area contributed by atoms with E-state index in [4.69, 9.17) is 17.3 Å². The van der Waals surface area contributed by atoms with E-state index in [0.29, 0.717) is 37.6 Å². The van der Waals surface area contributed by atoms with Gasteiger partial charge in [-0.25, -0.2) is 0 Å². The summed E-state index contributed by atoms with van der Waals surface area (Å²) in [5, 5.41) is 0.678. The fraction of sp³-hybridized carbons (Fsp3) is 0.429. The topological polar surface area (TPSA) is 66.6 Å². The average molecular weight is 332 g/mol. The fourth-order valence-electron chi connectivity index (χ4n) is 2.18. The highest BCUT2D eigenvalue weighted by atomic mass is 35.5. The molecule has 1 aromatic rings. The number of amides is 2. The second kappa shape index (κ2) is 8.22. The molecule has 2 N–H and O–H groups in total. The molecule has 1 aliphatic rings. The molecule has 0 aromatic heterocycles. The Bertz CT molecular complexity index is 493. The number of nitrogens with two attached hydrogens (primary N) is 1. The molecule has 7 heteroatoms. The summed E-state index contributed by atoms with van der Waals surface area (Å²) in [6.07, 6.45) is 0.296. The molecule has 0 atom stereocenters. The van der Waals surface area contributed by atoms with Crippen molar-refractivity contribution < 1.29 is 9.59 Å². The molecule has 2 rings (SSSR count). The molecule has 5 nitrogen and oxygen atoms in total. The van der Waals surface area contributed by atoms with Gasteiger partial charge in [0.05, 0.1) is 6.54 Å². The second-order valence-corrected chi connectivity index (χ2v) is 5.23. The predicted molar refractivity (Wildman–Crippen MR) is 84.4 cm³/mol. The highest BCUT2D eigenvalue weighted by Gasteiger charge is 2.26. The molecule has 0 unspecified atom stereocenters. The van der Waals surface area contributed by atoms with Gasteiger partial charge in [-0.05, 0) is 17.7 Å². The molecule has 1 saturated heterocycles. The lowest BCUT2D eigenvalue weighted by molar-refractivity contribution is -0.145. The van der Waals surface area contributed by atoms with Crippen molar-refractivity contribution in [1.29, 1.82) is 0 Å². The molecule has 0 saturated carbocycles. The van der Waals surface area contributed by atoms with E-state index in [1.807, 2.05) is 24.3 Å². The largest absolute Gasteiger partial charge is 0.335 e. The minimum atomic E-state index is -0.0491. The first-order valence-electron chi connectivity index (χ1n) is 6.60. The summed E-state index contributed by atoms with van der Waals surface area (Å²) < 4.78 is 0. The minimum Gasteiger partial charge on any atom is -0.335 e. The number of halogens is 2. The van der Waals surface area contributed by atoms with E-state index in [0.717, 1.165) is 5.56 Å². The van der Waals surface area contributed by atoms with E-state index in [1.165, 1.54) is 0 Å². The lowest BCUT2D eigenvalue weighted by Crippen LogP contribution is -2.52. The van der Waals surface area contributed by atoms with Gasteiger partial charge in [-0.2, -0.15) is 0 Å². The van der Waals surface area contributed by atoms with Crippen molar-refractivity contribution in [1.82, 2.24) is 9.80 Å². The van der Waals surface area contributed by atoms with Crippen molar-refractivity contribution in [2.75, 3.05) is 26.2 Å². The lowest BCUT2D eigenvalue weighted by Gasteiger charge is -2.34. The van der Waals surface area contributed by atoms with Crippen molar-refractivity contribution >= 4 is 35.8 Å². The number of rotatable bonds is 4. The smallest absolute Gasteiger partial charge is 0.242 e. The Kier molecular flexibility index (Phi) is 6.95. The van der Waals surface area contributed by atoms with Crippen LogP contribution in [-0.4, -0.2) is 47.8 Å². The van der Waals surface area contributed by atoms with Crippen LogP contribution in [0, 0.1) is 0 Å². The third-order valence-corrected chi connectivity index (χ3v) is 3.57. The van der Waals surface area contributed by atoms with Crippen LogP contribution in [0.25, 0.3) is 0 Å². The Morgan fingerprint density at radius 2 is 1.90 bits per heavy atom. The minimum absolute atomic E-state index is 0. The lowest BCUT2D eigenvalue weighted by atomic mass is 10.2. The van der Waals surface area contributed by atoms with E-state index < -0.39 is 0 Å². The summed E-state index contributed by atoms with van der Waals surface area (Å²) >= 11 is 5.83. The molecule has 0 aliphatic carbocycles. The van der Waals surface area contributed by atoms with Gasteiger partial charge in [-0.3, -0.25) is 9.59 Å². The molecule has 116 valence electrons. The molecule has 0 bridgehead atoms. The summed E-state index contributed by atoms with van der Waals surface area (Å²) in [5.41, 5.74) is 6.39. The zero-order valence-electron chi connectivity index (χ0n) is 11.6. The third kappa shape index (κ3) is 4.88. The first-order chi connectivity index (χ1) is 9.60. The molecule has 21 heavy (non-hydrogen) atoms. The molecule has 0 spiro atoms. The van der Waals surface area contributed by atoms with Crippen LogP contribution in [0.2, 0.25) is 5.02 Å². The predicted octanol–water partition coefficient (Wildman–Crippen LogP) is 1.28. The first kappa shape index (κ1) is 17.8. The van der Waals surface area contributed by atoms with Crippen LogP contribution in [-0.2, 0) is 16.1 Å². The number of piperazine rings is 1. The Hall–Kier alpha value is -1.30. The molecule has 1 heterocycles. The van der Waals surface area contributed by atoms with Gasteiger partial charge in [0, 0.05) is 37.6 Å². The SMILES string of the molecule is Cl.NCCC(=O)N1CCN(Cc2ccc(Cl)cc2)C(=O)C1. The van der Waals surface area contributed by atoms with Crippen molar-refractivity contribution in [3.63, 3.8) is 0 Å². The third-order valence-electron chi connectivity index (χ3n) is 3.32. The summed E-state index contributed by atoms with van der Waals surface area (Å²) in [6.45, 7) is 2.13. The van der Waals surface area contributed by atoms with Crippen molar-refractivity contribution in [3.05, 3.63) is 34.9 Å². The van der Waals surface area contributed by atoms with E-state index in [9.17, 15) is 9.59 Å². The van der Waals surface area contributed by atoms with Gasteiger partial charge in [-0.1, -0.05) is 23.7 Å². The number of carbonyl (C=O) groups excluding carboxylic acids is 2. The van der Waals surface area contributed by atoms with Gasteiger partial charge >= 0.3 is 0 Å². The van der Waals surface area contributed by atoms with Gasteiger partial charge in [0.1, 0.15) is 0 Å². The highest BCUT2D eigenvalue weighted by Crippen LogP contribution is 2.13. The Balaban J connectivity index is 0.00000220. The van der Waals surface area contributed by atoms with Crippen LogP contribution in [0.15, 0.2) is 24.3 Å². The van der Waals surface area contributed by atoms with E-state index in [-0.39, 0.29) is 30.8 Å². The van der Waals surface area contributed by atoms with Crippen LogP contribution >= 0.6 is 24.0 Å². The first-order valence-corrected chi connectivity index (χ1v) is 6.98. The number of nitrogens with zero attached hydrogens (tertiary/aromatic N) is 2. The summed E-state index contributed by atoms with van der Waals surface area (Å²) in [7, 11) is 0. The van der Waals surface area contributed by atoms with Crippen LogP contribution in [0.1, 0.15) is 12.0 Å². The quantitative estimate of drug-likeness (QED) is 0.903. The van der Waals surface area contributed by atoms with Crippen LogP contribution < -0.4 is 5.73 Å². The molecule has 1 fully saturated rings. The van der Waals surface area contributed by atoms with Gasteiger partial charge in [0.15, 0.2) is 0 Å². The fourth-order valence-corrected chi connectivity index (χ4v) is 2.31. The normalized spacial score (nSPS) is 14.9. The van der Waals surface area contributed by atoms with Crippen molar-refractivity contribution in [2.45, 2.75) is 13.0 Å². The molecular weight excluding hydrogens is 313 g/mol. The van der Waals surface area contributed by atoms with E-state index >= 15 is 0 Å².